The smallest absolute Gasteiger partial charge is 0.226 e. The minimum Gasteiger partial charge on any atom is -0.353 e. The third-order valence-electron chi connectivity index (χ3n) is 7.02. The largest absolute Gasteiger partial charge is 0.353 e. The lowest BCUT2D eigenvalue weighted by Crippen LogP contribution is -2.46. The molecular formula is C24H34N4O2S. The molecule has 1 atom stereocenters. The van der Waals surface area contributed by atoms with Crippen molar-refractivity contribution in [1.29, 1.82) is 5.26 Å². The number of amides is 2. The lowest BCUT2D eigenvalue weighted by molar-refractivity contribution is -0.127. The minimum absolute atomic E-state index is 0.0351. The Morgan fingerprint density at radius 3 is 2.68 bits per heavy atom. The molecule has 1 unspecified atom stereocenters. The first-order valence-electron chi connectivity index (χ1n) is 12.0. The van der Waals surface area contributed by atoms with Crippen LogP contribution in [0, 0.1) is 17.2 Å². The molecule has 3 aliphatic rings. The second-order valence-corrected chi connectivity index (χ2v) is 10.4. The molecule has 4 rings (SSSR count). The number of hydrogen-bond donors (Lipinski definition) is 2. The van der Waals surface area contributed by atoms with Crippen molar-refractivity contribution < 1.29 is 9.59 Å². The molecule has 2 aliphatic carbocycles. The number of nitriles is 1. The van der Waals surface area contributed by atoms with Gasteiger partial charge in [0.05, 0.1) is 11.5 Å². The Bertz CT molecular complexity index is 837. The fraction of sp³-hybridized carbons (Fsp3) is 0.708. The van der Waals surface area contributed by atoms with E-state index in [1.807, 2.05) is 0 Å². The van der Waals surface area contributed by atoms with Crippen molar-refractivity contribution in [2.75, 3.05) is 25.0 Å². The number of carbonyl (C=O) groups excluding carboxylic acids is 2. The number of anilines is 1. The summed E-state index contributed by atoms with van der Waals surface area (Å²) in [5, 5.41) is 16.6. The zero-order valence-electron chi connectivity index (χ0n) is 18.4. The number of nitrogens with one attached hydrogen (secondary N) is 2. The van der Waals surface area contributed by atoms with Crippen LogP contribution in [0.5, 0.6) is 0 Å². The van der Waals surface area contributed by atoms with E-state index in [0.29, 0.717) is 24.6 Å². The van der Waals surface area contributed by atoms with Crippen LogP contribution in [0.3, 0.4) is 0 Å². The molecule has 1 saturated carbocycles. The van der Waals surface area contributed by atoms with E-state index < -0.39 is 0 Å². The summed E-state index contributed by atoms with van der Waals surface area (Å²) in [4.78, 5) is 28.8. The second-order valence-electron chi connectivity index (χ2n) is 9.31. The van der Waals surface area contributed by atoms with E-state index in [2.05, 4.69) is 21.6 Å². The number of carbonyl (C=O) groups is 2. The Morgan fingerprint density at radius 1 is 1.06 bits per heavy atom. The summed E-state index contributed by atoms with van der Waals surface area (Å²) in [6.45, 7) is 2.34. The zero-order chi connectivity index (χ0) is 21.6. The van der Waals surface area contributed by atoms with Gasteiger partial charge in [-0.05, 0) is 63.5 Å². The molecule has 7 heteroatoms. The number of aryl methyl sites for hydroxylation is 1. The highest BCUT2D eigenvalue weighted by Crippen LogP contribution is 2.37. The molecule has 0 spiro atoms. The van der Waals surface area contributed by atoms with Crippen LogP contribution in [0.25, 0.3) is 0 Å². The molecule has 0 radical (unpaired) electrons. The van der Waals surface area contributed by atoms with Crippen molar-refractivity contribution in [1.82, 2.24) is 10.2 Å². The fourth-order valence-corrected chi connectivity index (χ4v) is 6.52. The number of nitrogens with zero attached hydrogens (tertiary/aromatic N) is 2. The summed E-state index contributed by atoms with van der Waals surface area (Å²) in [5.41, 5.74) is 1.82. The maximum absolute atomic E-state index is 12.7. The Kier molecular flexibility index (Phi) is 7.62. The van der Waals surface area contributed by atoms with Crippen LogP contribution in [0.1, 0.15) is 80.2 Å². The van der Waals surface area contributed by atoms with Gasteiger partial charge in [-0.1, -0.05) is 19.3 Å². The third-order valence-corrected chi connectivity index (χ3v) is 8.23. The lowest BCUT2D eigenvalue weighted by atomic mass is 9.93. The molecule has 1 aromatic heterocycles. The van der Waals surface area contributed by atoms with Gasteiger partial charge in [-0.3, -0.25) is 9.59 Å². The number of piperidine rings is 1. The molecule has 6 nitrogen and oxygen atoms in total. The molecule has 0 bridgehead atoms. The maximum atomic E-state index is 12.7. The lowest BCUT2D eigenvalue weighted by Gasteiger charge is -2.33. The summed E-state index contributed by atoms with van der Waals surface area (Å²) in [5.74, 6) is 0.195. The molecule has 1 aromatic rings. The van der Waals surface area contributed by atoms with E-state index in [4.69, 9.17) is 0 Å². The van der Waals surface area contributed by atoms with Gasteiger partial charge in [0.25, 0.3) is 0 Å². The predicted molar refractivity (Wildman–Crippen MR) is 123 cm³/mol. The molecule has 0 aromatic carbocycles. The van der Waals surface area contributed by atoms with Crippen molar-refractivity contribution in [3.63, 3.8) is 0 Å². The van der Waals surface area contributed by atoms with Gasteiger partial charge < -0.3 is 15.5 Å². The van der Waals surface area contributed by atoms with Gasteiger partial charge >= 0.3 is 0 Å². The molecule has 1 aliphatic heterocycles. The molecule has 2 N–H and O–H groups in total. The average Bonchev–Trinajstić information content (AvgIpc) is 3.15. The molecular weight excluding hydrogens is 408 g/mol. The molecule has 2 fully saturated rings. The Balaban J connectivity index is 1.25. The van der Waals surface area contributed by atoms with Crippen molar-refractivity contribution in [2.45, 2.75) is 83.1 Å². The first kappa shape index (κ1) is 22.3. The maximum Gasteiger partial charge on any atom is 0.226 e. The summed E-state index contributed by atoms with van der Waals surface area (Å²) in [6, 6.07) is 2.66. The Labute approximate surface area is 189 Å². The zero-order valence-corrected chi connectivity index (χ0v) is 19.2. The number of likely N-dealkylation sites (tertiary alicyclic amines) is 1. The highest BCUT2D eigenvalue weighted by atomic mass is 32.1. The van der Waals surface area contributed by atoms with E-state index in [-0.39, 0.29) is 17.7 Å². The molecule has 31 heavy (non-hydrogen) atoms. The fourth-order valence-electron chi connectivity index (χ4n) is 5.26. The topological polar surface area (TPSA) is 85.2 Å². The normalized spacial score (nSPS) is 22.4. The van der Waals surface area contributed by atoms with Gasteiger partial charge in [-0.2, -0.15) is 5.26 Å². The highest BCUT2D eigenvalue weighted by Gasteiger charge is 2.28. The first-order chi connectivity index (χ1) is 15.1. The molecule has 2 heterocycles. The van der Waals surface area contributed by atoms with Crippen LogP contribution in [0.4, 0.5) is 5.00 Å². The number of fused-ring (bicyclic) bond motifs is 1. The predicted octanol–water partition coefficient (Wildman–Crippen LogP) is 3.99. The first-order valence-corrected chi connectivity index (χ1v) is 12.8. The summed E-state index contributed by atoms with van der Waals surface area (Å²) in [7, 11) is 0. The van der Waals surface area contributed by atoms with Crippen LogP contribution >= 0.6 is 11.3 Å². The SMILES string of the molecule is N#Cc1c(NC(=O)CCN2CCCC(C(=O)NC3CCCCC3)C2)sc2c1CCCC2. The standard InChI is InChI=1S/C24H34N4O2S/c25-15-20-19-10-4-5-11-21(19)31-24(20)27-22(29)12-14-28-13-6-7-17(16-28)23(30)26-18-8-2-1-3-9-18/h17-18H,1-14,16H2,(H,26,30)(H,27,29). The van der Waals surface area contributed by atoms with Crippen molar-refractivity contribution in [3.8, 4) is 6.07 Å². The number of thiophene rings is 1. The Hall–Kier alpha value is -1.91. The third kappa shape index (κ3) is 5.67. The van der Waals surface area contributed by atoms with Gasteiger partial charge in [0.1, 0.15) is 11.1 Å². The van der Waals surface area contributed by atoms with E-state index in [9.17, 15) is 14.9 Å². The van der Waals surface area contributed by atoms with Gasteiger partial charge in [-0.15, -0.1) is 11.3 Å². The molecule has 2 amide bonds. The van der Waals surface area contributed by atoms with E-state index >= 15 is 0 Å². The van der Waals surface area contributed by atoms with Crippen molar-refractivity contribution in [2.24, 2.45) is 5.92 Å². The quantitative estimate of drug-likeness (QED) is 0.698. The second kappa shape index (κ2) is 10.6. The van der Waals surface area contributed by atoms with Gasteiger partial charge in [0, 0.05) is 30.4 Å². The van der Waals surface area contributed by atoms with E-state index in [1.54, 1.807) is 11.3 Å². The van der Waals surface area contributed by atoms with Gasteiger partial charge in [0.15, 0.2) is 0 Å². The molecule has 168 valence electrons. The van der Waals surface area contributed by atoms with Crippen LogP contribution in [0.2, 0.25) is 0 Å². The van der Waals surface area contributed by atoms with Crippen LogP contribution in [-0.2, 0) is 22.4 Å². The van der Waals surface area contributed by atoms with Crippen LogP contribution in [0.15, 0.2) is 0 Å². The van der Waals surface area contributed by atoms with Crippen molar-refractivity contribution >= 4 is 28.2 Å². The molecule has 1 saturated heterocycles. The Morgan fingerprint density at radius 2 is 1.87 bits per heavy atom. The summed E-state index contributed by atoms with van der Waals surface area (Å²) >= 11 is 1.58. The van der Waals surface area contributed by atoms with E-state index in [0.717, 1.165) is 75.0 Å². The van der Waals surface area contributed by atoms with Crippen LogP contribution in [-0.4, -0.2) is 42.4 Å². The van der Waals surface area contributed by atoms with Crippen LogP contribution < -0.4 is 10.6 Å². The average molecular weight is 443 g/mol. The number of rotatable bonds is 6. The van der Waals surface area contributed by atoms with E-state index in [1.165, 1.54) is 24.1 Å². The van der Waals surface area contributed by atoms with Gasteiger partial charge in [0.2, 0.25) is 11.8 Å². The summed E-state index contributed by atoms with van der Waals surface area (Å²) in [6.07, 6.45) is 12.5. The highest BCUT2D eigenvalue weighted by molar-refractivity contribution is 7.16. The van der Waals surface area contributed by atoms with Crippen molar-refractivity contribution in [3.05, 3.63) is 16.0 Å². The monoisotopic (exact) mass is 442 g/mol. The number of hydrogen-bond acceptors (Lipinski definition) is 5. The minimum atomic E-state index is -0.0381. The van der Waals surface area contributed by atoms with Gasteiger partial charge in [-0.25, -0.2) is 0 Å². The summed E-state index contributed by atoms with van der Waals surface area (Å²) < 4.78 is 0.